The summed E-state index contributed by atoms with van der Waals surface area (Å²) >= 11 is 0. The molecule has 2 amide bonds. The van der Waals surface area contributed by atoms with Crippen molar-refractivity contribution < 1.29 is 18.0 Å². The molecule has 154 valence electrons. The highest BCUT2D eigenvalue weighted by molar-refractivity contribution is 7.90. The Balaban J connectivity index is 1.98. The number of rotatable bonds is 5. The molecular weight excluding hydrogens is 388 g/mol. The van der Waals surface area contributed by atoms with E-state index in [1.807, 2.05) is 19.9 Å². The molecule has 1 heterocycles. The minimum Gasteiger partial charge on any atom is -0.342 e. The third kappa shape index (κ3) is 4.34. The van der Waals surface area contributed by atoms with Gasteiger partial charge in [0.05, 0.1) is 16.2 Å². The van der Waals surface area contributed by atoms with Gasteiger partial charge in [-0.3, -0.25) is 9.59 Å². The van der Waals surface area contributed by atoms with Gasteiger partial charge in [0.25, 0.3) is 5.91 Å². The molecule has 0 N–H and O–H groups in total. The monoisotopic (exact) mass is 414 g/mol. The average molecular weight is 415 g/mol. The molecule has 1 aliphatic rings. The Bertz CT molecular complexity index is 1000. The average Bonchev–Trinajstić information content (AvgIpc) is 2.69. The van der Waals surface area contributed by atoms with E-state index in [-0.39, 0.29) is 28.0 Å². The van der Waals surface area contributed by atoms with E-state index >= 15 is 0 Å². The molecule has 29 heavy (non-hydrogen) atoms. The molecule has 2 aromatic rings. The van der Waals surface area contributed by atoms with E-state index in [4.69, 9.17) is 0 Å². The lowest BCUT2D eigenvalue weighted by atomic mass is 9.97. The van der Waals surface area contributed by atoms with Crippen LogP contribution in [0.25, 0.3) is 0 Å². The number of hydrogen-bond donors (Lipinski definition) is 0. The Hall–Kier alpha value is -2.67. The molecule has 3 rings (SSSR count). The van der Waals surface area contributed by atoms with Crippen LogP contribution in [0.4, 0.5) is 0 Å². The van der Waals surface area contributed by atoms with Crippen LogP contribution in [0.5, 0.6) is 0 Å². The molecule has 1 saturated heterocycles. The van der Waals surface area contributed by atoms with Gasteiger partial charge in [0.15, 0.2) is 9.84 Å². The number of sulfone groups is 1. The second-order valence-corrected chi connectivity index (χ2v) is 9.65. The minimum absolute atomic E-state index is 0.00253. The summed E-state index contributed by atoms with van der Waals surface area (Å²) in [6.45, 7) is 4.57. The van der Waals surface area contributed by atoms with E-state index in [2.05, 4.69) is 0 Å². The van der Waals surface area contributed by atoms with Gasteiger partial charge in [-0.05, 0) is 23.6 Å². The van der Waals surface area contributed by atoms with Gasteiger partial charge in [-0.15, -0.1) is 0 Å². The van der Waals surface area contributed by atoms with Crippen LogP contribution in [0.1, 0.15) is 29.8 Å². The van der Waals surface area contributed by atoms with Gasteiger partial charge in [-0.1, -0.05) is 56.3 Å². The van der Waals surface area contributed by atoms with Crippen molar-refractivity contribution in [2.45, 2.75) is 30.5 Å². The smallest absolute Gasteiger partial charge is 0.255 e. The van der Waals surface area contributed by atoms with Crippen molar-refractivity contribution in [1.82, 2.24) is 9.80 Å². The first-order valence-corrected chi connectivity index (χ1v) is 11.3. The molecule has 6 nitrogen and oxygen atoms in total. The Morgan fingerprint density at radius 2 is 1.66 bits per heavy atom. The summed E-state index contributed by atoms with van der Waals surface area (Å²) in [5.41, 5.74) is 0.774. The van der Waals surface area contributed by atoms with Crippen LogP contribution in [0.2, 0.25) is 0 Å². The summed E-state index contributed by atoms with van der Waals surface area (Å²) in [5.74, 6) is -0.808. The molecule has 0 saturated carbocycles. The molecular formula is C22H26N2O4S. The molecule has 0 aliphatic carbocycles. The number of nitrogens with zero attached hydrogens (tertiary/aromatic N) is 2. The third-order valence-corrected chi connectivity index (χ3v) is 6.93. The van der Waals surface area contributed by atoms with Gasteiger partial charge in [-0.2, -0.15) is 0 Å². The van der Waals surface area contributed by atoms with Crippen LogP contribution in [0.3, 0.4) is 0 Å². The van der Waals surface area contributed by atoms with Crippen molar-refractivity contribution >= 4 is 21.7 Å². The summed E-state index contributed by atoms with van der Waals surface area (Å²) in [7, 11) is -2.01. The maximum absolute atomic E-state index is 13.4. The molecule has 1 atom stereocenters. The zero-order valence-corrected chi connectivity index (χ0v) is 17.7. The lowest BCUT2D eigenvalue weighted by Gasteiger charge is -2.41. The molecule has 7 heteroatoms. The van der Waals surface area contributed by atoms with Crippen molar-refractivity contribution in [2.75, 3.05) is 20.1 Å². The SMILES string of the molecule is CC(C)C1C(=O)N(C)CCN1C(=O)c1ccccc1S(=O)(=O)Cc1ccccc1. The molecule has 2 aromatic carbocycles. The number of carbonyl (C=O) groups excluding carboxylic acids is 2. The maximum atomic E-state index is 13.4. The highest BCUT2D eigenvalue weighted by atomic mass is 32.2. The van der Waals surface area contributed by atoms with Crippen LogP contribution in [0.15, 0.2) is 59.5 Å². The van der Waals surface area contributed by atoms with Crippen LogP contribution in [-0.4, -0.2) is 56.2 Å². The molecule has 1 unspecified atom stereocenters. The lowest BCUT2D eigenvalue weighted by molar-refractivity contribution is -0.140. The summed E-state index contributed by atoms with van der Waals surface area (Å²) in [4.78, 5) is 29.2. The predicted octanol–water partition coefficient (Wildman–Crippen LogP) is 2.60. The molecule has 0 radical (unpaired) electrons. The first-order chi connectivity index (χ1) is 13.7. The Kier molecular flexibility index (Phi) is 6.07. The van der Waals surface area contributed by atoms with E-state index in [0.717, 1.165) is 0 Å². The topological polar surface area (TPSA) is 74.8 Å². The fourth-order valence-electron chi connectivity index (χ4n) is 3.68. The van der Waals surface area contributed by atoms with E-state index in [9.17, 15) is 18.0 Å². The summed E-state index contributed by atoms with van der Waals surface area (Å²) in [6, 6.07) is 14.5. The summed E-state index contributed by atoms with van der Waals surface area (Å²) in [5, 5.41) is 0. The normalized spacial score (nSPS) is 17.7. The summed E-state index contributed by atoms with van der Waals surface area (Å²) < 4.78 is 26.2. The van der Waals surface area contributed by atoms with Gasteiger partial charge < -0.3 is 9.80 Å². The van der Waals surface area contributed by atoms with Gasteiger partial charge in [0.1, 0.15) is 6.04 Å². The van der Waals surface area contributed by atoms with Gasteiger partial charge in [-0.25, -0.2) is 8.42 Å². The zero-order valence-electron chi connectivity index (χ0n) is 16.9. The molecule has 1 fully saturated rings. The molecule has 1 aliphatic heterocycles. The predicted molar refractivity (Wildman–Crippen MR) is 111 cm³/mol. The van der Waals surface area contributed by atoms with Crippen molar-refractivity contribution in [3.05, 3.63) is 65.7 Å². The fraction of sp³-hybridized carbons (Fsp3) is 0.364. The molecule has 0 spiro atoms. The number of likely N-dealkylation sites (N-methyl/N-ethyl adjacent to an activating group) is 1. The van der Waals surface area contributed by atoms with Crippen LogP contribution >= 0.6 is 0 Å². The van der Waals surface area contributed by atoms with Crippen LogP contribution < -0.4 is 0 Å². The summed E-state index contributed by atoms with van der Waals surface area (Å²) in [6.07, 6.45) is 0. The first kappa shape index (κ1) is 21.0. The van der Waals surface area contributed by atoms with E-state index < -0.39 is 21.8 Å². The van der Waals surface area contributed by atoms with Crippen LogP contribution in [0, 0.1) is 5.92 Å². The lowest BCUT2D eigenvalue weighted by Crippen LogP contribution is -2.59. The first-order valence-electron chi connectivity index (χ1n) is 9.64. The minimum atomic E-state index is -3.73. The highest BCUT2D eigenvalue weighted by Crippen LogP contribution is 2.25. The quantitative estimate of drug-likeness (QED) is 0.754. The van der Waals surface area contributed by atoms with Crippen molar-refractivity contribution in [3.63, 3.8) is 0 Å². The van der Waals surface area contributed by atoms with Crippen LogP contribution in [-0.2, 0) is 20.4 Å². The standard InChI is InChI=1S/C22H26N2O4S/c1-16(2)20-22(26)23(3)13-14-24(20)21(25)18-11-7-8-12-19(18)29(27,28)15-17-9-5-4-6-10-17/h4-12,16,20H,13-15H2,1-3H3. The molecule has 0 bridgehead atoms. The number of hydrogen-bond acceptors (Lipinski definition) is 4. The van der Waals surface area contributed by atoms with E-state index in [1.165, 1.54) is 17.0 Å². The number of benzene rings is 2. The van der Waals surface area contributed by atoms with Crippen molar-refractivity contribution in [3.8, 4) is 0 Å². The van der Waals surface area contributed by atoms with E-state index in [1.54, 1.807) is 48.3 Å². The Labute approximate surface area is 172 Å². The fourth-order valence-corrected chi connectivity index (χ4v) is 5.24. The van der Waals surface area contributed by atoms with E-state index in [0.29, 0.717) is 18.7 Å². The number of piperazine rings is 1. The maximum Gasteiger partial charge on any atom is 0.255 e. The Morgan fingerprint density at radius 1 is 1.03 bits per heavy atom. The van der Waals surface area contributed by atoms with Crippen molar-refractivity contribution in [1.29, 1.82) is 0 Å². The van der Waals surface area contributed by atoms with Crippen molar-refractivity contribution in [2.24, 2.45) is 5.92 Å². The zero-order chi connectivity index (χ0) is 21.2. The number of carbonyl (C=O) groups is 2. The largest absolute Gasteiger partial charge is 0.342 e. The van der Waals surface area contributed by atoms with Gasteiger partial charge in [0.2, 0.25) is 5.91 Å². The third-order valence-electron chi connectivity index (χ3n) is 5.19. The van der Waals surface area contributed by atoms with Gasteiger partial charge in [0, 0.05) is 20.1 Å². The second kappa shape index (κ2) is 8.37. The molecule has 0 aromatic heterocycles. The number of amides is 2. The highest BCUT2D eigenvalue weighted by Gasteiger charge is 2.39. The Morgan fingerprint density at radius 3 is 2.31 bits per heavy atom. The second-order valence-electron chi connectivity index (χ2n) is 7.69. The van der Waals surface area contributed by atoms with Gasteiger partial charge >= 0.3 is 0 Å².